The van der Waals surface area contributed by atoms with Gasteiger partial charge in [0, 0.05) is 49.6 Å². The lowest BCUT2D eigenvalue weighted by Gasteiger charge is -2.27. The van der Waals surface area contributed by atoms with Crippen LogP contribution in [0.15, 0.2) is 60.3 Å². The molecule has 3 aromatic rings. The number of amides is 2. The third-order valence-corrected chi connectivity index (χ3v) is 5.82. The maximum Gasteiger partial charge on any atom is 0.253 e. The van der Waals surface area contributed by atoms with E-state index in [0.29, 0.717) is 41.1 Å². The van der Waals surface area contributed by atoms with Crippen molar-refractivity contribution in [2.24, 2.45) is 0 Å². The molecular formula is C25H22N4O3. The number of carbonyl (C=O) groups excluding carboxylic acids is 3. The quantitative estimate of drug-likeness (QED) is 0.637. The van der Waals surface area contributed by atoms with Crippen LogP contribution >= 0.6 is 0 Å². The van der Waals surface area contributed by atoms with Gasteiger partial charge in [0.05, 0.1) is 22.6 Å². The van der Waals surface area contributed by atoms with Crippen LogP contribution in [0.2, 0.25) is 0 Å². The zero-order valence-electron chi connectivity index (χ0n) is 17.7. The molecule has 32 heavy (non-hydrogen) atoms. The van der Waals surface area contributed by atoms with Gasteiger partial charge in [0.15, 0.2) is 0 Å². The molecule has 0 saturated carbocycles. The van der Waals surface area contributed by atoms with Crippen LogP contribution in [0.25, 0.3) is 17.0 Å². The Morgan fingerprint density at radius 1 is 1.03 bits per heavy atom. The molecule has 0 unspecified atom stereocenters. The number of ketones is 1. The number of fused-ring (bicyclic) bond motifs is 2. The first-order chi connectivity index (χ1) is 15.5. The van der Waals surface area contributed by atoms with Gasteiger partial charge >= 0.3 is 0 Å². The first-order valence-corrected chi connectivity index (χ1v) is 10.6. The predicted octanol–water partition coefficient (Wildman–Crippen LogP) is 2.87. The molecule has 7 nitrogen and oxygen atoms in total. The van der Waals surface area contributed by atoms with Gasteiger partial charge in [-0.3, -0.25) is 19.3 Å². The first-order valence-electron chi connectivity index (χ1n) is 10.6. The zero-order valence-corrected chi connectivity index (χ0v) is 17.7. The molecule has 2 amide bonds. The van der Waals surface area contributed by atoms with Crippen molar-refractivity contribution in [3.8, 4) is 0 Å². The highest BCUT2D eigenvalue weighted by Crippen LogP contribution is 2.35. The molecule has 2 aromatic carbocycles. The van der Waals surface area contributed by atoms with Crippen molar-refractivity contribution in [3.63, 3.8) is 0 Å². The molecule has 2 aliphatic heterocycles. The number of hydrogen-bond donors (Lipinski definition) is 1. The molecule has 1 fully saturated rings. The van der Waals surface area contributed by atoms with E-state index >= 15 is 0 Å². The third kappa shape index (κ3) is 3.46. The number of para-hydroxylation sites is 1. The molecule has 1 aromatic heterocycles. The number of pyridine rings is 1. The van der Waals surface area contributed by atoms with Crippen LogP contribution in [-0.4, -0.2) is 53.7 Å². The fourth-order valence-corrected chi connectivity index (χ4v) is 4.24. The molecule has 2 aliphatic rings. The molecule has 5 rings (SSSR count). The van der Waals surface area contributed by atoms with Crippen LogP contribution in [0.4, 0.5) is 5.69 Å². The summed E-state index contributed by atoms with van der Waals surface area (Å²) in [7, 11) is 0. The number of hydrogen-bond acceptors (Lipinski definition) is 5. The molecule has 0 bridgehead atoms. The second-order valence-corrected chi connectivity index (χ2v) is 7.92. The summed E-state index contributed by atoms with van der Waals surface area (Å²) in [5, 5.41) is 4.09. The van der Waals surface area contributed by atoms with E-state index in [-0.39, 0.29) is 23.3 Å². The first kappa shape index (κ1) is 20.1. The number of nitrogens with one attached hydrogen (secondary N) is 1. The predicted molar refractivity (Wildman–Crippen MR) is 122 cm³/mol. The van der Waals surface area contributed by atoms with Gasteiger partial charge in [-0.1, -0.05) is 18.2 Å². The summed E-state index contributed by atoms with van der Waals surface area (Å²) in [5.74, 6) is -0.410. The average molecular weight is 426 g/mol. The second kappa shape index (κ2) is 8.01. The topological polar surface area (TPSA) is 82.6 Å². The summed E-state index contributed by atoms with van der Waals surface area (Å²) < 4.78 is 0. The summed E-state index contributed by atoms with van der Waals surface area (Å²) in [5.41, 5.74) is 3.31. The maximum atomic E-state index is 12.9. The van der Waals surface area contributed by atoms with Crippen LogP contribution in [0, 0.1) is 0 Å². The van der Waals surface area contributed by atoms with Crippen LogP contribution in [0.3, 0.4) is 0 Å². The zero-order chi connectivity index (χ0) is 22.2. The molecule has 0 aliphatic carbocycles. The smallest absolute Gasteiger partial charge is 0.253 e. The molecule has 1 saturated heterocycles. The number of carbonyl (C=O) groups is 3. The van der Waals surface area contributed by atoms with Gasteiger partial charge < -0.3 is 10.2 Å². The van der Waals surface area contributed by atoms with Gasteiger partial charge in [0.2, 0.25) is 11.7 Å². The molecule has 0 spiro atoms. The lowest BCUT2D eigenvalue weighted by atomic mass is 10.1. The Bertz CT molecular complexity index is 1290. The number of rotatable bonds is 2. The molecule has 3 heterocycles. The lowest BCUT2D eigenvalue weighted by molar-refractivity contribution is -0.116. The Morgan fingerprint density at radius 2 is 1.81 bits per heavy atom. The minimum Gasteiger partial charge on any atom is -0.336 e. The van der Waals surface area contributed by atoms with E-state index in [1.807, 2.05) is 23.1 Å². The maximum absolute atomic E-state index is 12.9. The fraction of sp³-hybridized carbons (Fsp3) is 0.200. The van der Waals surface area contributed by atoms with Gasteiger partial charge in [-0.15, -0.1) is 0 Å². The van der Waals surface area contributed by atoms with E-state index in [1.165, 1.54) is 11.8 Å². The molecule has 7 heteroatoms. The van der Waals surface area contributed by atoms with Gasteiger partial charge in [-0.05, 0) is 42.5 Å². The van der Waals surface area contributed by atoms with Crippen LogP contribution in [-0.2, 0) is 4.79 Å². The van der Waals surface area contributed by atoms with E-state index in [9.17, 15) is 14.4 Å². The minimum absolute atomic E-state index is 0.0195. The Labute approximate surface area is 185 Å². The van der Waals surface area contributed by atoms with Crippen LogP contribution in [0.5, 0.6) is 0 Å². The summed E-state index contributed by atoms with van der Waals surface area (Å²) in [4.78, 5) is 45.9. The van der Waals surface area contributed by atoms with E-state index in [2.05, 4.69) is 10.3 Å². The van der Waals surface area contributed by atoms with E-state index < -0.39 is 0 Å². The molecule has 0 radical (unpaired) electrons. The second-order valence-electron chi connectivity index (χ2n) is 7.92. The average Bonchev–Trinajstić information content (AvgIpc) is 3.10. The Hall–Kier alpha value is -3.84. The van der Waals surface area contributed by atoms with Gasteiger partial charge in [0.1, 0.15) is 0 Å². The van der Waals surface area contributed by atoms with E-state index in [1.54, 1.807) is 42.5 Å². The Balaban J connectivity index is 1.48. The Morgan fingerprint density at radius 3 is 2.59 bits per heavy atom. The van der Waals surface area contributed by atoms with Crippen molar-refractivity contribution < 1.29 is 14.4 Å². The van der Waals surface area contributed by atoms with E-state index in [4.69, 9.17) is 0 Å². The molecular weight excluding hydrogens is 404 g/mol. The third-order valence-electron chi connectivity index (χ3n) is 5.82. The highest BCUT2D eigenvalue weighted by molar-refractivity contribution is 6.26. The van der Waals surface area contributed by atoms with Crippen molar-refractivity contribution in [2.75, 3.05) is 31.1 Å². The van der Waals surface area contributed by atoms with Gasteiger partial charge in [-0.2, -0.15) is 0 Å². The Kier molecular flexibility index (Phi) is 5.03. The highest BCUT2D eigenvalue weighted by atomic mass is 16.2. The number of allylic oxidation sites excluding steroid dienone is 1. The van der Waals surface area contributed by atoms with Gasteiger partial charge in [0.25, 0.3) is 5.91 Å². The van der Waals surface area contributed by atoms with Crippen molar-refractivity contribution in [3.05, 3.63) is 77.1 Å². The van der Waals surface area contributed by atoms with Crippen molar-refractivity contribution >= 4 is 40.3 Å². The summed E-state index contributed by atoms with van der Waals surface area (Å²) in [6.45, 7) is 4.45. The van der Waals surface area contributed by atoms with Gasteiger partial charge in [-0.25, -0.2) is 4.98 Å². The standard InChI is InChI=1S/C25H22N4O3/c1-16(30)29-22-5-3-2-4-20(22)24(31)23(29)15-19-8-6-17-14-18(7-9-21(17)27-19)25(32)28-12-10-26-11-13-28/h2-9,14-15,26H,10-13H2,1H3. The summed E-state index contributed by atoms with van der Waals surface area (Å²) in [6.07, 6.45) is 1.64. The number of aromatic nitrogens is 1. The van der Waals surface area contributed by atoms with E-state index in [0.717, 1.165) is 18.5 Å². The van der Waals surface area contributed by atoms with Crippen LogP contribution in [0.1, 0.15) is 33.3 Å². The number of benzene rings is 2. The van der Waals surface area contributed by atoms with Crippen LogP contribution < -0.4 is 10.2 Å². The normalized spacial score (nSPS) is 17.2. The number of anilines is 1. The molecule has 0 atom stereocenters. The largest absolute Gasteiger partial charge is 0.336 e. The molecule has 1 N–H and O–H groups in total. The van der Waals surface area contributed by atoms with Crippen molar-refractivity contribution in [1.82, 2.24) is 15.2 Å². The SMILES string of the molecule is CC(=O)N1C(=Cc2ccc3cc(C(=O)N4CCNCC4)ccc3n2)C(=O)c2ccccc21. The minimum atomic E-state index is -0.230. The lowest BCUT2D eigenvalue weighted by Crippen LogP contribution is -2.46. The summed E-state index contributed by atoms with van der Waals surface area (Å²) in [6, 6.07) is 16.2. The number of piperazine rings is 1. The number of Topliss-reactive ketones (excluding diaryl/α,β-unsaturated/α-hetero) is 1. The highest BCUT2D eigenvalue weighted by Gasteiger charge is 2.34. The van der Waals surface area contributed by atoms with Crippen molar-refractivity contribution in [2.45, 2.75) is 6.92 Å². The number of nitrogens with zero attached hydrogens (tertiary/aromatic N) is 3. The summed E-state index contributed by atoms with van der Waals surface area (Å²) >= 11 is 0. The van der Waals surface area contributed by atoms with Crippen molar-refractivity contribution in [1.29, 1.82) is 0 Å². The molecule has 160 valence electrons. The monoisotopic (exact) mass is 426 g/mol. The fourth-order valence-electron chi connectivity index (χ4n) is 4.24.